The van der Waals surface area contributed by atoms with E-state index in [0.29, 0.717) is 37.9 Å². The maximum Gasteiger partial charge on any atom is 0.358 e. The molecule has 0 amide bonds. The molecule has 1 unspecified atom stereocenters. The first-order chi connectivity index (χ1) is 8.29. The number of aromatic nitrogens is 2. The maximum absolute atomic E-state index is 11.6. The van der Waals surface area contributed by atoms with Crippen molar-refractivity contribution in [2.24, 2.45) is 11.7 Å². The second-order valence-corrected chi connectivity index (χ2v) is 4.11. The van der Waals surface area contributed by atoms with Gasteiger partial charge in [0.05, 0.1) is 19.5 Å². The van der Waals surface area contributed by atoms with Gasteiger partial charge in [-0.2, -0.15) is 0 Å². The average Bonchev–Trinajstić information content (AvgIpc) is 2.97. The fraction of sp³-hybridized carbons (Fsp3) is 0.636. The summed E-state index contributed by atoms with van der Waals surface area (Å²) in [6.07, 6.45) is 4.19. The van der Waals surface area contributed by atoms with Gasteiger partial charge in [-0.3, -0.25) is 0 Å². The number of esters is 1. The normalized spacial score (nSPS) is 19.5. The molecule has 0 saturated carbocycles. The van der Waals surface area contributed by atoms with Crippen LogP contribution in [0.5, 0.6) is 0 Å². The Balaban J connectivity index is 1.81. The molecular weight excluding hydrogens is 222 g/mol. The summed E-state index contributed by atoms with van der Waals surface area (Å²) in [7, 11) is 0. The van der Waals surface area contributed by atoms with Gasteiger partial charge in [-0.05, 0) is 6.42 Å². The molecule has 94 valence electrons. The Labute approximate surface area is 99.7 Å². The SMILES string of the molecule is NCCn1cnc(C(=O)OCC2CCOC2)c1. The van der Waals surface area contributed by atoms with Crippen molar-refractivity contribution in [2.45, 2.75) is 13.0 Å². The van der Waals surface area contributed by atoms with E-state index in [2.05, 4.69) is 4.98 Å². The highest BCUT2D eigenvalue weighted by molar-refractivity contribution is 5.86. The molecule has 0 aromatic carbocycles. The van der Waals surface area contributed by atoms with E-state index >= 15 is 0 Å². The van der Waals surface area contributed by atoms with Gasteiger partial charge in [0.15, 0.2) is 5.69 Å². The summed E-state index contributed by atoms with van der Waals surface area (Å²) >= 11 is 0. The molecule has 1 aliphatic heterocycles. The molecule has 2 rings (SSSR count). The van der Waals surface area contributed by atoms with Crippen molar-refractivity contribution < 1.29 is 14.3 Å². The van der Waals surface area contributed by atoms with Crippen LogP contribution in [0.4, 0.5) is 0 Å². The summed E-state index contributed by atoms with van der Waals surface area (Å²) in [6.45, 7) is 3.01. The number of imidazole rings is 1. The van der Waals surface area contributed by atoms with E-state index in [0.717, 1.165) is 13.0 Å². The molecular formula is C11H17N3O3. The van der Waals surface area contributed by atoms with Gasteiger partial charge in [0, 0.05) is 31.8 Å². The van der Waals surface area contributed by atoms with Gasteiger partial charge in [0.1, 0.15) is 0 Å². The molecule has 17 heavy (non-hydrogen) atoms. The highest BCUT2D eigenvalue weighted by atomic mass is 16.5. The summed E-state index contributed by atoms with van der Waals surface area (Å²) in [6, 6.07) is 0. The monoisotopic (exact) mass is 239 g/mol. The lowest BCUT2D eigenvalue weighted by Gasteiger charge is -2.07. The highest BCUT2D eigenvalue weighted by Gasteiger charge is 2.19. The zero-order valence-electron chi connectivity index (χ0n) is 9.67. The predicted molar refractivity (Wildman–Crippen MR) is 60.5 cm³/mol. The van der Waals surface area contributed by atoms with Gasteiger partial charge in [-0.25, -0.2) is 9.78 Å². The third-order valence-electron chi connectivity index (χ3n) is 2.70. The minimum Gasteiger partial charge on any atom is -0.461 e. The molecule has 2 N–H and O–H groups in total. The second-order valence-electron chi connectivity index (χ2n) is 4.11. The molecule has 0 aliphatic carbocycles. The predicted octanol–water partition coefficient (Wildman–Crippen LogP) is 0.0351. The Bertz CT molecular complexity index is 372. The van der Waals surface area contributed by atoms with Gasteiger partial charge in [0.25, 0.3) is 0 Å². The lowest BCUT2D eigenvalue weighted by atomic mass is 10.1. The molecule has 1 fully saturated rings. The van der Waals surface area contributed by atoms with Crippen LogP contribution in [-0.2, 0) is 16.0 Å². The van der Waals surface area contributed by atoms with Gasteiger partial charge in [-0.15, -0.1) is 0 Å². The first-order valence-corrected chi connectivity index (χ1v) is 5.76. The minimum absolute atomic E-state index is 0.324. The number of hydrogen-bond acceptors (Lipinski definition) is 5. The van der Waals surface area contributed by atoms with Crippen LogP contribution in [0.1, 0.15) is 16.9 Å². The Hall–Kier alpha value is -1.40. The molecule has 1 saturated heterocycles. The largest absolute Gasteiger partial charge is 0.461 e. The number of rotatable bonds is 5. The molecule has 1 aliphatic rings. The van der Waals surface area contributed by atoms with Crippen LogP contribution in [0.3, 0.4) is 0 Å². The van der Waals surface area contributed by atoms with Crippen LogP contribution in [0, 0.1) is 5.92 Å². The molecule has 0 spiro atoms. The van der Waals surface area contributed by atoms with Crippen LogP contribution in [0.15, 0.2) is 12.5 Å². The van der Waals surface area contributed by atoms with E-state index in [9.17, 15) is 4.79 Å². The third kappa shape index (κ3) is 3.28. The fourth-order valence-electron chi connectivity index (χ4n) is 1.72. The van der Waals surface area contributed by atoms with Gasteiger partial charge in [-0.1, -0.05) is 0 Å². The number of nitrogens with two attached hydrogens (primary N) is 1. The van der Waals surface area contributed by atoms with Crippen molar-refractivity contribution in [1.29, 1.82) is 0 Å². The van der Waals surface area contributed by atoms with Gasteiger partial charge >= 0.3 is 5.97 Å². The topological polar surface area (TPSA) is 79.4 Å². The zero-order valence-corrected chi connectivity index (χ0v) is 9.67. The van der Waals surface area contributed by atoms with Crippen molar-refractivity contribution in [2.75, 3.05) is 26.4 Å². The molecule has 2 heterocycles. The number of carbonyl (C=O) groups excluding carboxylic acids is 1. The van der Waals surface area contributed by atoms with Crippen LogP contribution in [0.2, 0.25) is 0 Å². The molecule has 6 nitrogen and oxygen atoms in total. The quantitative estimate of drug-likeness (QED) is 0.734. The van der Waals surface area contributed by atoms with Crippen LogP contribution >= 0.6 is 0 Å². The van der Waals surface area contributed by atoms with E-state index in [1.165, 1.54) is 0 Å². The lowest BCUT2D eigenvalue weighted by molar-refractivity contribution is 0.0422. The molecule has 0 bridgehead atoms. The third-order valence-corrected chi connectivity index (χ3v) is 2.70. The van der Waals surface area contributed by atoms with E-state index < -0.39 is 0 Å². The van der Waals surface area contributed by atoms with Crippen LogP contribution in [-0.4, -0.2) is 41.9 Å². The smallest absolute Gasteiger partial charge is 0.358 e. The summed E-state index contributed by atoms with van der Waals surface area (Å²) in [5.41, 5.74) is 5.74. The zero-order chi connectivity index (χ0) is 12.1. The standard InChI is InChI=1S/C11H17N3O3/c12-2-3-14-5-10(13-8-14)11(15)17-7-9-1-4-16-6-9/h5,8-9H,1-4,6-7,12H2. The van der Waals surface area contributed by atoms with E-state index in [1.54, 1.807) is 17.1 Å². The second kappa shape index (κ2) is 5.79. The van der Waals surface area contributed by atoms with Crippen molar-refractivity contribution in [1.82, 2.24) is 9.55 Å². The Morgan fingerprint density at radius 2 is 2.59 bits per heavy atom. The van der Waals surface area contributed by atoms with E-state index in [4.69, 9.17) is 15.2 Å². The van der Waals surface area contributed by atoms with Crippen molar-refractivity contribution in [3.63, 3.8) is 0 Å². The fourth-order valence-corrected chi connectivity index (χ4v) is 1.72. The van der Waals surface area contributed by atoms with Crippen molar-refractivity contribution in [3.8, 4) is 0 Å². The van der Waals surface area contributed by atoms with Crippen molar-refractivity contribution in [3.05, 3.63) is 18.2 Å². The Morgan fingerprint density at radius 3 is 3.29 bits per heavy atom. The maximum atomic E-state index is 11.6. The minimum atomic E-state index is -0.382. The first kappa shape index (κ1) is 12.1. The molecule has 1 aromatic heterocycles. The lowest BCUT2D eigenvalue weighted by Crippen LogP contribution is -2.14. The average molecular weight is 239 g/mol. The summed E-state index contributed by atoms with van der Waals surface area (Å²) in [5.74, 6) is -0.0576. The van der Waals surface area contributed by atoms with E-state index in [-0.39, 0.29) is 5.97 Å². The summed E-state index contributed by atoms with van der Waals surface area (Å²) in [4.78, 5) is 15.6. The number of hydrogen-bond donors (Lipinski definition) is 1. The Morgan fingerprint density at radius 1 is 1.71 bits per heavy atom. The van der Waals surface area contributed by atoms with Gasteiger partial charge in [0.2, 0.25) is 0 Å². The highest BCUT2D eigenvalue weighted by Crippen LogP contribution is 2.13. The van der Waals surface area contributed by atoms with Crippen LogP contribution < -0.4 is 5.73 Å². The number of ether oxygens (including phenoxy) is 2. The number of nitrogens with zero attached hydrogens (tertiary/aromatic N) is 2. The Kier molecular flexibility index (Phi) is 4.11. The first-order valence-electron chi connectivity index (χ1n) is 5.76. The molecule has 0 radical (unpaired) electrons. The van der Waals surface area contributed by atoms with Crippen molar-refractivity contribution >= 4 is 5.97 Å². The summed E-state index contributed by atoms with van der Waals surface area (Å²) in [5, 5.41) is 0. The molecule has 6 heteroatoms. The van der Waals surface area contributed by atoms with Gasteiger partial charge < -0.3 is 19.8 Å². The molecule has 1 atom stereocenters. The van der Waals surface area contributed by atoms with E-state index in [1.807, 2.05) is 0 Å². The molecule has 1 aromatic rings. The number of carbonyl (C=O) groups is 1. The van der Waals surface area contributed by atoms with Crippen LogP contribution in [0.25, 0.3) is 0 Å². The summed E-state index contributed by atoms with van der Waals surface area (Å²) < 4.78 is 12.2.